The molecular formula is C29H43N9OS. The molecule has 4 heterocycles. The Labute approximate surface area is 242 Å². The zero-order valence-corrected chi connectivity index (χ0v) is 25.3. The summed E-state index contributed by atoms with van der Waals surface area (Å²) in [6, 6.07) is 4.81. The number of piperidine rings is 1. The van der Waals surface area contributed by atoms with E-state index in [0.717, 1.165) is 90.5 Å². The summed E-state index contributed by atoms with van der Waals surface area (Å²) < 4.78 is 5.19. The van der Waals surface area contributed by atoms with Gasteiger partial charge >= 0.3 is 0 Å². The third-order valence-electron chi connectivity index (χ3n) is 7.88. The number of methoxy groups -OCH3 is 1. The summed E-state index contributed by atoms with van der Waals surface area (Å²) in [6.45, 7) is 17.5. The Bertz CT molecular complexity index is 1240. The maximum atomic E-state index is 6.20. The van der Waals surface area contributed by atoms with E-state index in [9.17, 15) is 0 Å². The summed E-state index contributed by atoms with van der Waals surface area (Å²) >= 11 is 1.47. The second-order valence-electron chi connectivity index (χ2n) is 10.2. The Hall–Kier alpha value is -3.31. The van der Waals surface area contributed by atoms with Crippen molar-refractivity contribution in [2.45, 2.75) is 45.2 Å². The number of nitrogens with one attached hydrogen (secondary N) is 1. The third-order valence-corrected chi connectivity index (χ3v) is 8.91. The lowest BCUT2D eigenvalue weighted by Gasteiger charge is -2.48. The van der Waals surface area contributed by atoms with Crippen LogP contribution < -0.4 is 20.7 Å². The van der Waals surface area contributed by atoms with Gasteiger partial charge in [-0.25, -0.2) is 9.97 Å². The first-order chi connectivity index (χ1) is 19.3. The van der Waals surface area contributed by atoms with Crippen molar-refractivity contribution in [3.63, 3.8) is 0 Å². The third kappa shape index (κ3) is 6.52. The van der Waals surface area contributed by atoms with Gasteiger partial charge in [0.05, 0.1) is 24.0 Å². The molecule has 0 aliphatic carbocycles. The minimum absolute atomic E-state index is 0.459. The van der Waals surface area contributed by atoms with Crippen LogP contribution >= 0.6 is 11.8 Å². The van der Waals surface area contributed by atoms with Crippen molar-refractivity contribution in [1.82, 2.24) is 30.1 Å². The Morgan fingerprint density at radius 1 is 1.20 bits per heavy atom. The molecule has 10 nitrogen and oxygen atoms in total. The molecule has 0 radical (unpaired) electrons. The molecule has 1 unspecified atom stereocenters. The number of nitrogen functional groups attached to an aromatic ring is 1. The molecule has 2 aromatic rings. The quantitative estimate of drug-likeness (QED) is 0.346. The first kappa shape index (κ1) is 29.7. The average molecular weight is 566 g/mol. The smallest absolute Gasteiger partial charge is 0.214 e. The molecule has 0 amide bonds. The summed E-state index contributed by atoms with van der Waals surface area (Å²) in [5.74, 6) is 1.94. The van der Waals surface area contributed by atoms with E-state index in [1.54, 1.807) is 14.2 Å². The SMILES string of the molecule is C=C(NC)SC(=NC)c1cnc(N2CCN(C3CCN(C(=C)c4ccc(OC)nc4N)CC3)C(CC)C2)c(C)n1. The first-order valence-corrected chi connectivity index (χ1v) is 14.7. The van der Waals surface area contributed by atoms with E-state index in [1.165, 1.54) is 11.8 Å². The van der Waals surface area contributed by atoms with Gasteiger partial charge in [0, 0.05) is 76.2 Å². The average Bonchev–Trinajstić information content (AvgIpc) is 2.99. The predicted molar refractivity (Wildman–Crippen MR) is 167 cm³/mol. The van der Waals surface area contributed by atoms with Gasteiger partial charge in [-0.15, -0.1) is 0 Å². The van der Waals surface area contributed by atoms with E-state index in [-0.39, 0.29) is 0 Å². The number of aromatic nitrogens is 3. The number of aryl methyl sites for hydroxylation is 1. The molecule has 0 bridgehead atoms. The van der Waals surface area contributed by atoms with Crippen LogP contribution in [-0.2, 0) is 0 Å². The number of hydrogen-bond donors (Lipinski definition) is 2. The van der Waals surface area contributed by atoms with Crippen LogP contribution in [0.3, 0.4) is 0 Å². The van der Waals surface area contributed by atoms with Gasteiger partial charge in [0.25, 0.3) is 0 Å². The van der Waals surface area contributed by atoms with Crippen LogP contribution in [0.25, 0.3) is 5.70 Å². The highest BCUT2D eigenvalue weighted by Crippen LogP contribution is 2.31. The number of aliphatic imine (C=N–C) groups is 1. The number of hydrogen-bond acceptors (Lipinski definition) is 11. The zero-order valence-electron chi connectivity index (χ0n) is 24.5. The van der Waals surface area contributed by atoms with Crippen molar-refractivity contribution in [2.75, 3.05) is 64.6 Å². The highest BCUT2D eigenvalue weighted by molar-refractivity contribution is 8.17. The number of rotatable bonds is 9. The van der Waals surface area contributed by atoms with Gasteiger partial charge in [-0.1, -0.05) is 31.8 Å². The molecule has 11 heteroatoms. The lowest BCUT2D eigenvalue weighted by Crippen LogP contribution is -2.58. The van der Waals surface area contributed by atoms with Gasteiger partial charge < -0.3 is 25.6 Å². The second-order valence-corrected chi connectivity index (χ2v) is 11.2. The van der Waals surface area contributed by atoms with Crippen molar-refractivity contribution in [1.29, 1.82) is 0 Å². The van der Waals surface area contributed by atoms with Crippen molar-refractivity contribution >= 4 is 34.1 Å². The van der Waals surface area contributed by atoms with Crippen molar-refractivity contribution in [2.24, 2.45) is 4.99 Å². The van der Waals surface area contributed by atoms with E-state index in [4.69, 9.17) is 20.4 Å². The van der Waals surface area contributed by atoms with Gasteiger partial charge in [-0.3, -0.25) is 9.89 Å². The molecule has 2 aliphatic heterocycles. The molecule has 1 atom stereocenters. The van der Waals surface area contributed by atoms with Crippen LogP contribution in [0, 0.1) is 6.92 Å². The summed E-state index contributed by atoms with van der Waals surface area (Å²) in [6.07, 6.45) is 5.13. The summed E-state index contributed by atoms with van der Waals surface area (Å²) in [4.78, 5) is 25.9. The summed E-state index contributed by atoms with van der Waals surface area (Å²) in [7, 11) is 5.22. The van der Waals surface area contributed by atoms with Crippen LogP contribution in [0.5, 0.6) is 5.88 Å². The van der Waals surface area contributed by atoms with E-state index < -0.39 is 0 Å². The maximum absolute atomic E-state index is 6.20. The topological polar surface area (TPSA) is 108 Å². The van der Waals surface area contributed by atoms with Gasteiger partial charge in [0.15, 0.2) is 0 Å². The highest BCUT2D eigenvalue weighted by atomic mass is 32.2. The van der Waals surface area contributed by atoms with Crippen LogP contribution in [0.4, 0.5) is 11.6 Å². The van der Waals surface area contributed by atoms with Gasteiger partial charge in [0.2, 0.25) is 5.88 Å². The van der Waals surface area contributed by atoms with Crippen LogP contribution in [0.2, 0.25) is 0 Å². The van der Waals surface area contributed by atoms with Gasteiger partial charge in [0.1, 0.15) is 22.4 Å². The minimum Gasteiger partial charge on any atom is -0.481 e. The zero-order chi connectivity index (χ0) is 28.8. The predicted octanol–water partition coefficient (Wildman–Crippen LogP) is 3.61. The molecule has 2 fully saturated rings. The second kappa shape index (κ2) is 13.4. The van der Waals surface area contributed by atoms with Crippen LogP contribution in [0.15, 0.2) is 41.5 Å². The van der Waals surface area contributed by atoms with E-state index in [2.05, 4.69) is 50.1 Å². The number of nitrogens with two attached hydrogens (primary N) is 1. The fraction of sp³-hybridized carbons (Fsp3) is 0.517. The van der Waals surface area contributed by atoms with Gasteiger partial charge in [-0.2, -0.15) is 4.98 Å². The number of nitrogens with zero attached hydrogens (tertiary/aromatic N) is 7. The number of piperazine rings is 1. The lowest BCUT2D eigenvalue weighted by atomic mass is 9.97. The number of pyridine rings is 1. The molecule has 216 valence electrons. The number of anilines is 2. The molecule has 4 rings (SSSR count). The Kier molecular flexibility index (Phi) is 9.91. The molecule has 0 aromatic carbocycles. The fourth-order valence-corrected chi connectivity index (χ4v) is 6.26. The van der Waals surface area contributed by atoms with Gasteiger partial charge in [-0.05, 0) is 32.3 Å². The molecule has 40 heavy (non-hydrogen) atoms. The monoisotopic (exact) mass is 565 g/mol. The number of thioether (sulfide) groups is 1. The number of ether oxygens (including phenoxy) is 1. The van der Waals surface area contributed by atoms with Crippen LogP contribution in [0.1, 0.15) is 43.1 Å². The van der Waals surface area contributed by atoms with E-state index in [1.807, 2.05) is 32.3 Å². The molecule has 0 spiro atoms. The Morgan fingerprint density at radius 3 is 2.55 bits per heavy atom. The largest absolute Gasteiger partial charge is 0.481 e. The normalized spacial score (nSPS) is 19.0. The minimum atomic E-state index is 0.459. The van der Waals surface area contributed by atoms with Crippen molar-refractivity contribution < 1.29 is 4.74 Å². The van der Waals surface area contributed by atoms with Crippen molar-refractivity contribution in [3.05, 3.63) is 53.5 Å². The lowest BCUT2D eigenvalue weighted by molar-refractivity contribution is 0.0767. The molecule has 0 saturated carbocycles. The number of likely N-dealkylation sites (tertiary alicyclic amines) is 1. The molecule has 3 N–H and O–H groups in total. The molecular weight excluding hydrogens is 522 g/mol. The van der Waals surface area contributed by atoms with E-state index >= 15 is 0 Å². The molecule has 2 aromatic heterocycles. The highest BCUT2D eigenvalue weighted by Gasteiger charge is 2.34. The standard InChI is InChI=1S/C29H43N9OS/c1-8-22-18-37(28-19(2)34-25(17-33-28)29(32-6)40-21(4)31-5)15-16-38(22)23-11-13-36(14-12-23)20(3)24-9-10-26(39-7)35-27(24)30/h9-10,17,22-23,31H,3-4,8,11-16,18H2,1-2,5-7H3,(H2,30,35). The first-order valence-electron chi connectivity index (χ1n) is 13.9. The Morgan fingerprint density at radius 2 is 1.95 bits per heavy atom. The fourth-order valence-electron chi connectivity index (χ4n) is 5.63. The molecule has 2 saturated heterocycles. The molecule has 2 aliphatic rings. The summed E-state index contributed by atoms with van der Waals surface area (Å²) in [5.41, 5.74) is 9.71. The maximum Gasteiger partial charge on any atom is 0.214 e. The Balaban J connectivity index is 1.37. The van der Waals surface area contributed by atoms with Crippen LogP contribution in [-0.4, -0.2) is 95.8 Å². The van der Waals surface area contributed by atoms with Crippen molar-refractivity contribution in [3.8, 4) is 5.88 Å². The summed E-state index contributed by atoms with van der Waals surface area (Å²) in [5, 5.41) is 4.67. The van der Waals surface area contributed by atoms with E-state index in [0.29, 0.717) is 23.8 Å².